The number of anilines is 2. The zero-order valence-corrected chi connectivity index (χ0v) is 19.3. The Labute approximate surface area is 197 Å². The lowest BCUT2D eigenvalue weighted by atomic mass is 9.99. The predicted octanol–water partition coefficient (Wildman–Crippen LogP) is 4.77. The van der Waals surface area contributed by atoms with Crippen LogP contribution in [-0.4, -0.2) is 34.8 Å². The molecule has 0 saturated carbocycles. The molecule has 5 rings (SSSR count). The quantitative estimate of drug-likeness (QED) is 0.539. The summed E-state index contributed by atoms with van der Waals surface area (Å²) in [7, 11) is 0. The van der Waals surface area contributed by atoms with Gasteiger partial charge in [-0.15, -0.1) is 11.3 Å². The van der Waals surface area contributed by atoms with Gasteiger partial charge in [0.15, 0.2) is 0 Å². The normalized spacial score (nSPS) is 17.2. The highest BCUT2D eigenvalue weighted by Gasteiger charge is 2.39. The Hall–Kier alpha value is -3.45. The van der Waals surface area contributed by atoms with Crippen molar-refractivity contribution in [1.82, 2.24) is 9.88 Å². The summed E-state index contributed by atoms with van der Waals surface area (Å²) in [5, 5.41) is 5.17. The van der Waals surface area contributed by atoms with Gasteiger partial charge in [-0.25, -0.2) is 0 Å². The molecule has 3 aromatic rings. The Kier molecular flexibility index (Phi) is 5.96. The Balaban J connectivity index is 1.39. The maximum absolute atomic E-state index is 13.3. The van der Waals surface area contributed by atoms with Crippen LogP contribution in [-0.2, 0) is 16.1 Å². The third-order valence-electron chi connectivity index (χ3n) is 6.31. The molecular formula is C26H26N4O2S. The highest BCUT2D eigenvalue weighted by atomic mass is 32.1. The number of hydrogen-bond acceptors (Lipinski definition) is 6. The summed E-state index contributed by atoms with van der Waals surface area (Å²) < 4.78 is 0. The van der Waals surface area contributed by atoms with Gasteiger partial charge < -0.3 is 10.2 Å². The van der Waals surface area contributed by atoms with E-state index in [9.17, 15) is 9.59 Å². The number of thiophene rings is 1. The average molecular weight is 459 g/mol. The van der Waals surface area contributed by atoms with Crippen LogP contribution in [0.25, 0.3) is 5.57 Å². The van der Waals surface area contributed by atoms with Gasteiger partial charge in [0.25, 0.3) is 11.8 Å². The first-order valence-electron chi connectivity index (χ1n) is 11.3. The predicted molar refractivity (Wildman–Crippen MR) is 132 cm³/mol. The second-order valence-electron chi connectivity index (χ2n) is 8.62. The fourth-order valence-corrected chi connectivity index (χ4v) is 5.09. The van der Waals surface area contributed by atoms with Gasteiger partial charge in [-0.3, -0.25) is 19.5 Å². The summed E-state index contributed by atoms with van der Waals surface area (Å²) in [5.41, 5.74) is 3.60. The molecule has 0 atom stereocenters. The van der Waals surface area contributed by atoms with E-state index in [-0.39, 0.29) is 18.4 Å². The minimum absolute atomic E-state index is 0.215. The molecule has 7 heteroatoms. The summed E-state index contributed by atoms with van der Waals surface area (Å²) in [6, 6.07) is 15.5. The van der Waals surface area contributed by atoms with E-state index in [0.717, 1.165) is 35.1 Å². The Bertz CT molecular complexity index is 1160. The summed E-state index contributed by atoms with van der Waals surface area (Å²) >= 11 is 1.46. The van der Waals surface area contributed by atoms with E-state index in [1.807, 2.05) is 41.8 Å². The van der Waals surface area contributed by atoms with Crippen molar-refractivity contribution in [2.75, 3.05) is 23.3 Å². The minimum atomic E-state index is -0.311. The van der Waals surface area contributed by atoms with Crippen LogP contribution in [0.1, 0.15) is 30.2 Å². The molecule has 1 aromatic carbocycles. The first-order valence-corrected chi connectivity index (χ1v) is 12.1. The number of nitrogens with one attached hydrogen (secondary N) is 1. The number of nitrogens with zero attached hydrogens (tertiary/aromatic N) is 3. The number of hydrogen-bond donors (Lipinski definition) is 1. The van der Waals surface area contributed by atoms with Gasteiger partial charge >= 0.3 is 0 Å². The molecule has 0 spiro atoms. The lowest BCUT2D eigenvalue weighted by Gasteiger charge is -2.32. The summed E-state index contributed by atoms with van der Waals surface area (Å²) in [5.74, 6) is 0.195. The van der Waals surface area contributed by atoms with Crippen molar-refractivity contribution in [2.24, 2.45) is 5.92 Å². The van der Waals surface area contributed by atoms with Gasteiger partial charge in [-0.05, 0) is 72.2 Å². The molecule has 0 bridgehead atoms. The molecule has 0 unspecified atom stereocenters. The average Bonchev–Trinajstić information content (AvgIpc) is 3.44. The number of rotatable bonds is 6. The van der Waals surface area contributed by atoms with Gasteiger partial charge in [0.05, 0.1) is 12.1 Å². The molecule has 4 heterocycles. The van der Waals surface area contributed by atoms with Crippen LogP contribution in [0, 0.1) is 5.92 Å². The molecule has 0 radical (unpaired) electrons. The monoisotopic (exact) mass is 458 g/mol. The van der Waals surface area contributed by atoms with Crippen molar-refractivity contribution in [3.05, 3.63) is 82.4 Å². The number of carbonyl (C=O) groups is 2. The van der Waals surface area contributed by atoms with Gasteiger partial charge in [0.2, 0.25) is 0 Å². The maximum atomic E-state index is 13.3. The van der Waals surface area contributed by atoms with E-state index in [4.69, 9.17) is 0 Å². The van der Waals surface area contributed by atoms with Crippen LogP contribution >= 0.6 is 11.3 Å². The van der Waals surface area contributed by atoms with Crippen LogP contribution in [0.3, 0.4) is 0 Å². The number of imide groups is 1. The topological polar surface area (TPSA) is 65.5 Å². The highest BCUT2D eigenvalue weighted by Crippen LogP contribution is 2.34. The van der Waals surface area contributed by atoms with Crippen molar-refractivity contribution in [3.8, 4) is 0 Å². The SMILES string of the molecule is CC1CCN(c2ccc(NC3=C(c4cccs4)C(=O)N(Cc4ccncc4)C3=O)cc2)CC1. The molecule has 33 heavy (non-hydrogen) atoms. The maximum Gasteiger partial charge on any atom is 0.278 e. The number of benzene rings is 1. The molecule has 1 fully saturated rings. The van der Waals surface area contributed by atoms with Crippen LogP contribution in [0.15, 0.2) is 72.0 Å². The van der Waals surface area contributed by atoms with E-state index in [1.165, 1.54) is 34.8 Å². The Morgan fingerprint density at radius 1 is 1.00 bits per heavy atom. The molecule has 1 N–H and O–H groups in total. The molecule has 168 valence electrons. The van der Waals surface area contributed by atoms with Crippen LogP contribution < -0.4 is 10.2 Å². The highest BCUT2D eigenvalue weighted by molar-refractivity contribution is 7.11. The number of pyridine rings is 1. The van der Waals surface area contributed by atoms with E-state index >= 15 is 0 Å². The zero-order valence-electron chi connectivity index (χ0n) is 18.5. The lowest BCUT2D eigenvalue weighted by Crippen LogP contribution is -2.32. The Morgan fingerprint density at radius 3 is 2.39 bits per heavy atom. The third kappa shape index (κ3) is 4.41. The third-order valence-corrected chi connectivity index (χ3v) is 7.20. The van der Waals surface area contributed by atoms with E-state index in [0.29, 0.717) is 11.3 Å². The lowest BCUT2D eigenvalue weighted by molar-refractivity contribution is -0.137. The van der Waals surface area contributed by atoms with Crippen molar-refractivity contribution in [1.29, 1.82) is 0 Å². The Morgan fingerprint density at radius 2 is 1.73 bits per heavy atom. The van der Waals surface area contributed by atoms with Crippen molar-refractivity contribution < 1.29 is 9.59 Å². The zero-order chi connectivity index (χ0) is 22.8. The smallest absolute Gasteiger partial charge is 0.278 e. The second-order valence-corrected chi connectivity index (χ2v) is 9.57. The van der Waals surface area contributed by atoms with Crippen LogP contribution in [0.2, 0.25) is 0 Å². The summed E-state index contributed by atoms with van der Waals surface area (Å²) in [6.07, 6.45) is 5.75. The minimum Gasteiger partial charge on any atom is -0.372 e. The number of aromatic nitrogens is 1. The molecule has 2 amide bonds. The van der Waals surface area contributed by atoms with E-state index < -0.39 is 0 Å². The van der Waals surface area contributed by atoms with Gasteiger partial charge in [-0.1, -0.05) is 13.0 Å². The molecule has 2 aliphatic heterocycles. The molecule has 1 saturated heterocycles. The standard InChI is InChI=1S/C26H26N4O2S/c1-18-10-14-29(15-11-18)21-6-4-20(5-7-21)28-24-23(22-3-2-16-33-22)25(31)30(26(24)32)17-19-8-12-27-13-9-19/h2-9,12-13,16,18,28H,10-11,14-15,17H2,1H3. The molecule has 2 aliphatic rings. The molecule has 0 aliphatic carbocycles. The molecular weight excluding hydrogens is 432 g/mol. The number of carbonyl (C=O) groups excluding carboxylic acids is 2. The van der Waals surface area contributed by atoms with Crippen LogP contribution in [0.5, 0.6) is 0 Å². The van der Waals surface area contributed by atoms with Gasteiger partial charge in [0, 0.05) is 41.7 Å². The first-order chi connectivity index (χ1) is 16.1. The summed E-state index contributed by atoms with van der Waals surface area (Å²) in [4.78, 5) is 35.1. The molecule has 2 aromatic heterocycles. The first kappa shape index (κ1) is 21.4. The van der Waals surface area contributed by atoms with E-state index in [1.54, 1.807) is 12.4 Å². The fraction of sp³-hybridized carbons (Fsp3) is 0.269. The van der Waals surface area contributed by atoms with Crippen molar-refractivity contribution in [3.63, 3.8) is 0 Å². The number of amides is 2. The second kappa shape index (κ2) is 9.19. The van der Waals surface area contributed by atoms with Crippen molar-refractivity contribution >= 4 is 40.1 Å². The van der Waals surface area contributed by atoms with E-state index in [2.05, 4.69) is 34.3 Å². The number of piperidine rings is 1. The largest absolute Gasteiger partial charge is 0.372 e. The van der Waals surface area contributed by atoms with Crippen molar-refractivity contribution in [2.45, 2.75) is 26.3 Å². The van der Waals surface area contributed by atoms with Gasteiger partial charge in [-0.2, -0.15) is 0 Å². The van der Waals surface area contributed by atoms with Crippen LogP contribution in [0.4, 0.5) is 11.4 Å². The molecule has 6 nitrogen and oxygen atoms in total. The summed E-state index contributed by atoms with van der Waals surface area (Å²) in [6.45, 7) is 4.66. The van der Waals surface area contributed by atoms with Gasteiger partial charge in [0.1, 0.15) is 5.70 Å². The fourth-order valence-electron chi connectivity index (χ4n) is 4.32.